The summed E-state index contributed by atoms with van der Waals surface area (Å²) >= 11 is 0. The smallest absolute Gasteiger partial charge is 0.269 e. The van der Waals surface area contributed by atoms with Crippen LogP contribution in [-0.2, 0) is 11.3 Å². The minimum atomic E-state index is -0.415. The Morgan fingerprint density at radius 2 is 2.36 bits per heavy atom. The van der Waals surface area contributed by atoms with Gasteiger partial charge in [0.1, 0.15) is 0 Å². The molecule has 1 rings (SSSR count). The van der Waals surface area contributed by atoms with E-state index in [1.165, 1.54) is 12.1 Å². The number of nitrogens with one attached hydrogen (secondary N) is 1. The van der Waals surface area contributed by atoms with Gasteiger partial charge in [0.2, 0.25) is 0 Å². The summed E-state index contributed by atoms with van der Waals surface area (Å²) in [5, 5.41) is 13.3. The van der Waals surface area contributed by atoms with Crippen molar-refractivity contribution in [2.45, 2.75) is 6.61 Å². The van der Waals surface area contributed by atoms with E-state index in [0.29, 0.717) is 13.3 Å². The van der Waals surface area contributed by atoms with Crippen LogP contribution in [0, 0.1) is 10.1 Å². The summed E-state index contributed by atoms with van der Waals surface area (Å²) in [6.07, 6.45) is 0. The van der Waals surface area contributed by atoms with Crippen LogP contribution in [0.4, 0.5) is 5.69 Å². The van der Waals surface area contributed by atoms with Crippen LogP contribution in [0.3, 0.4) is 0 Å². The molecule has 0 aliphatic carbocycles. The van der Waals surface area contributed by atoms with Crippen molar-refractivity contribution in [3.63, 3.8) is 0 Å². The topological polar surface area (TPSA) is 64.4 Å². The van der Waals surface area contributed by atoms with Crippen molar-refractivity contribution >= 4 is 5.69 Å². The molecule has 0 radical (unpaired) electrons. The molecule has 0 amide bonds. The molecule has 1 N–H and O–H groups in total. The number of benzene rings is 1. The van der Waals surface area contributed by atoms with E-state index >= 15 is 0 Å². The summed E-state index contributed by atoms with van der Waals surface area (Å²) in [5.41, 5.74) is 0.894. The number of non-ortho nitro benzene ring substituents is 1. The highest BCUT2D eigenvalue weighted by Gasteiger charge is 2.04. The molecule has 0 heterocycles. The fraction of sp³-hybridized carbons (Fsp3) is 0.333. The molecule has 0 aliphatic rings. The van der Waals surface area contributed by atoms with Crippen molar-refractivity contribution in [3.8, 4) is 0 Å². The summed E-state index contributed by atoms with van der Waals surface area (Å²) in [6.45, 7) is 0.811. The maximum atomic E-state index is 10.4. The molecule has 0 atom stereocenters. The lowest BCUT2D eigenvalue weighted by Gasteiger charge is -2.02. The second-order valence-electron chi connectivity index (χ2n) is 2.77. The molecule has 5 heteroatoms. The summed E-state index contributed by atoms with van der Waals surface area (Å²) in [5.74, 6) is 0. The number of nitrogens with zero attached hydrogens (tertiary/aromatic N) is 1. The van der Waals surface area contributed by atoms with Crippen LogP contribution in [0.5, 0.6) is 0 Å². The van der Waals surface area contributed by atoms with E-state index in [4.69, 9.17) is 4.74 Å². The van der Waals surface area contributed by atoms with Crippen LogP contribution in [0.1, 0.15) is 5.56 Å². The minimum Gasteiger partial charge on any atom is -0.362 e. The first-order chi connectivity index (χ1) is 6.74. The van der Waals surface area contributed by atoms with Gasteiger partial charge in [-0.05, 0) is 12.6 Å². The average molecular weight is 196 g/mol. The fourth-order valence-corrected chi connectivity index (χ4v) is 1.03. The standard InChI is InChI=1S/C9H12N2O3/c1-10-7-14-6-8-3-2-4-9(5-8)11(12)13/h2-5,10H,6-7H2,1H3. The van der Waals surface area contributed by atoms with Crippen molar-refractivity contribution in [2.24, 2.45) is 0 Å². The Hall–Kier alpha value is -1.46. The largest absolute Gasteiger partial charge is 0.362 e. The van der Waals surface area contributed by atoms with Gasteiger partial charge in [-0.3, -0.25) is 15.4 Å². The van der Waals surface area contributed by atoms with E-state index in [2.05, 4.69) is 5.32 Å². The van der Waals surface area contributed by atoms with Crippen LogP contribution in [-0.4, -0.2) is 18.7 Å². The van der Waals surface area contributed by atoms with Crippen molar-refractivity contribution in [2.75, 3.05) is 13.8 Å². The number of hydrogen-bond donors (Lipinski definition) is 1. The quantitative estimate of drug-likeness (QED) is 0.333. The number of ether oxygens (including phenoxy) is 1. The highest BCUT2D eigenvalue weighted by molar-refractivity contribution is 5.33. The first kappa shape index (κ1) is 10.6. The Bertz CT molecular complexity index is 315. The molecule has 0 fully saturated rings. The highest BCUT2D eigenvalue weighted by atomic mass is 16.6. The van der Waals surface area contributed by atoms with Crippen LogP contribution in [0.2, 0.25) is 0 Å². The Balaban J connectivity index is 2.59. The number of hydrogen-bond acceptors (Lipinski definition) is 4. The molecule has 14 heavy (non-hydrogen) atoms. The zero-order valence-corrected chi connectivity index (χ0v) is 7.90. The molecule has 0 aromatic heterocycles. The van der Waals surface area contributed by atoms with Crippen LogP contribution in [0.15, 0.2) is 24.3 Å². The maximum Gasteiger partial charge on any atom is 0.269 e. The van der Waals surface area contributed by atoms with Crippen LogP contribution in [0.25, 0.3) is 0 Å². The Morgan fingerprint density at radius 3 is 3.00 bits per heavy atom. The zero-order chi connectivity index (χ0) is 10.4. The minimum absolute atomic E-state index is 0.0931. The molecule has 0 saturated heterocycles. The van der Waals surface area contributed by atoms with E-state index in [0.717, 1.165) is 5.56 Å². The SMILES string of the molecule is CNCOCc1cccc([N+](=O)[O-])c1. The summed E-state index contributed by atoms with van der Waals surface area (Å²) in [4.78, 5) is 10.0. The van der Waals surface area contributed by atoms with Gasteiger partial charge in [-0.15, -0.1) is 0 Å². The van der Waals surface area contributed by atoms with Gasteiger partial charge in [0.25, 0.3) is 5.69 Å². The van der Waals surface area contributed by atoms with E-state index in [1.54, 1.807) is 19.2 Å². The third-order valence-corrected chi connectivity index (χ3v) is 1.64. The molecular formula is C9H12N2O3. The van der Waals surface area contributed by atoms with Crippen molar-refractivity contribution in [1.82, 2.24) is 5.32 Å². The second kappa shape index (κ2) is 5.31. The molecule has 0 bridgehead atoms. The van der Waals surface area contributed by atoms with E-state index in [-0.39, 0.29) is 5.69 Å². The first-order valence-corrected chi connectivity index (χ1v) is 4.19. The third kappa shape index (κ3) is 3.12. The van der Waals surface area contributed by atoms with Crippen molar-refractivity contribution < 1.29 is 9.66 Å². The highest BCUT2D eigenvalue weighted by Crippen LogP contribution is 2.13. The molecular weight excluding hydrogens is 184 g/mol. The van der Waals surface area contributed by atoms with Gasteiger partial charge < -0.3 is 4.74 Å². The molecule has 1 aromatic carbocycles. The Kier molecular flexibility index (Phi) is 4.03. The predicted octanol–water partition coefficient (Wildman–Crippen LogP) is 1.29. The molecule has 76 valence electrons. The number of nitro benzene ring substituents is 1. The zero-order valence-electron chi connectivity index (χ0n) is 7.90. The maximum absolute atomic E-state index is 10.4. The number of rotatable bonds is 5. The molecule has 5 nitrogen and oxygen atoms in total. The molecule has 0 spiro atoms. The summed E-state index contributed by atoms with van der Waals surface area (Å²) in [7, 11) is 1.77. The Labute approximate surface area is 81.8 Å². The fourth-order valence-electron chi connectivity index (χ4n) is 1.03. The van der Waals surface area contributed by atoms with Gasteiger partial charge in [-0.2, -0.15) is 0 Å². The molecule has 0 saturated carbocycles. The summed E-state index contributed by atoms with van der Waals surface area (Å²) < 4.78 is 5.17. The first-order valence-electron chi connectivity index (χ1n) is 4.19. The molecule has 0 unspecified atom stereocenters. The molecule has 1 aromatic rings. The van der Waals surface area contributed by atoms with E-state index in [1.807, 2.05) is 0 Å². The third-order valence-electron chi connectivity index (χ3n) is 1.64. The normalized spacial score (nSPS) is 10.1. The second-order valence-corrected chi connectivity index (χ2v) is 2.77. The lowest BCUT2D eigenvalue weighted by atomic mass is 10.2. The van der Waals surface area contributed by atoms with Gasteiger partial charge in [0.15, 0.2) is 0 Å². The van der Waals surface area contributed by atoms with Crippen molar-refractivity contribution in [1.29, 1.82) is 0 Å². The summed E-state index contributed by atoms with van der Waals surface area (Å²) in [6, 6.07) is 6.41. The van der Waals surface area contributed by atoms with Gasteiger partial charge >= 0.3 is 0 Å². The van der Waals surface area contributed by atoms with Crippen molar-refractivity contribution in [3.05, 3.63) is 39.9 Å². The van der Waals surface area contributed by atoms with E-state index in [9.17, 15) is 10.1 Å². The van der Waals surface area contributed by atoms with Gasteiger partial charge in [0, 0.05) is 12.1 Å². The van der Waals surface area contributed by atoms with Crippen LogP contribution < -0.4 is 5.32 Å². The van der Waals surface area contributed by atoms with Crippen LogP contribution >= 0.6 is 0 Å². The predicted molar refractivity (Wildman–Crippen MR) is 51.8 cm³/mol. The molecule has 0 aliphatic heterocycles. The lowest BCUT2D eigenvalue weighted by molar-refractivity contribution is -0.384. The van der Waals surface area contributed by atoms with Gasteiger partial charge in [-0.25, -0.2) is 0 Å². The van der Waals surface area contributed by atoms with Gasteiger partial charge in [-0.1, -0.05) is 12.1 Å². The number of nitro groups is 1. The average Bonchev–Trinajstić information content (AvgIpc) is 2.19. The van der Waals surface area contributed by atoms with E-state index < -0.39 is 4.92 Å². The lowest BCUT2D eigenvalue weighted by Crippen LogP contribution is -2.11. The van der Waals surface area contributed by atoms with Gasteiger partial charge in [0.05, 0.1) is 18.3 Å². The monoisotopic (exact) mass is 196 g/mol. The Morgan fingerprint density at radius 1 is 1.57 bits per heavy atom.